The summed E-state index contributed by atoms with van der Waals surface area (Å²) in [6.07, 6.45) is 2.77. The van der Waals surface area contributed by atoms with Crippen molar-refractivity contribution in [1.29, 1.82) is 0 Å². The number of hydrogen-bond acceptors (Lipinski definition) is 7. The molecule has 3 heterocycles. The molecule has 1 aromatic rings. The SMILES string of the molecule is CS(=O)(=O)C1CSCCN1C(=O)c1cn(C2CNC2)nn1. The van der Waals surface area contributed by atoms with Crippen LogP contribution in [-0.2, 0) is 9.84 Å². The molecule has 0 bridgehead atoms. The lowest BCUT2D eigenvalue weighted by Gasteiger charge is -2.33. The molecule has 10 heteroatoms. The molecular formula is C11H17N5O3S2. The Hall–Kier alpha value is -1.13. The quantitative estimate of drug-likeness (QED) is 0.757. The molecular weight excluding hydrogens is 314 g/mol. The third-order valence-corrected chi connectivity index (χ3v) is 6.35. The van der Waals surface area contributed by atoms with E-state index in [1.54, 1.807) is 22.6 Å². The standard InChI is InChI=1S/C11H17N5O3S2/c1-21(18,19)10-7-20-3-2-15(10)11(17)9-6-16(14-13-9)8-4-12-5-8/h6,8,10,12H,2-5,7H2,1H3. The first kappa shape index (κ1) is 14.8. The van der Waals surface area contributed by atoms with Gasteiger partial charge in [-0.25, -0.2) is 13.1 Å². The molecule has 21 heavy (non-hydrogen) atoms. The van der Waals surface area contributed by atoms with Crippen LogP contribution in [-0.4, -0.2) is 77.0 Å². The maximum Gasteiger partial charge on any atom is 0.277 e. The highest BCUT2D eigenvalue weighted by molar-refractivity contribution is 8.00. The minimum Gasteiger partial charge on any atom is -0.318 e. The van der Waals surface area contributed by atoms with Gasteiger partial charge in [0.2, 0.25) is 0 Å². The van der Waals surface area contributed by atoms with Crippen LogP contribution in [0, 0.1) is 0 Å². The summed E-state index contributed by atoms with van der Waals surface area (Å²) < 4.78 is 25.4. The van der Waals surface area contributed by atoms with Gasteiger partial charge in [-0.3, -0.25) is 4.79 Å². The van der Waals surface area contributed by atoms with Gasteiger partial charge in [0.15, 0.2) is 15.5 Å². The molecule has 1 unspecified atom stereocenters. The van der Waals surface area contributed by atoms with Crippen LogP contribution < -0.4 is 5.32 Å². The Labute approximate surface area is 127 Å². The molecule has 0 aliphatic carbocycles. The van der Waals surface area contributed by atoms with E-state index < -0.39 is 15.2 Å². The molecule has 1 aromatic heterocycles. The van der Waals surface area contributed by atoms with Crippen molar-refractivity contribution in [3.63, 3.8) is 0 Å². The number of hydrogen-bond donors (Lipinski definition) is 1. The summed E-state index contributed by atoms with van der Waals surface area (Å²) in [5.41, 5.74) is 0.211. The van der Waals surface area contributed by atoms with Gasteiger partial charge in [-0.05, 0) is 0 Å². The average molecular weight is 331 g/mol. The van der Waals surface area contributed by atoms with E-state index in [0.29, 0.717) is 12.3 Å². The van der Waals surface area contributed by atoms with Gasteiger partial charge in [0, 0.05) is 37.4 Å². The number of rotatable bonds is 3. The molecule has 2 aliphatic rings. The van der Waals surface area contributed by atoms with Crippen LogP contribution in [0.5, 0.6) is 0 Å². The molecule has 0 radical (unpaired) electrons. The fourth-order valence-corrected chi connectivity index (χ4v) is 5.14. The first-order valence-corrected chi connectivity index (χ1v) is 9.78. The molecule has 116 valence electrons. The second-order valence-corrected chi connectivity index (χ2v) is 8.61. The Balaban J connectivity index is 1.80. The van der Waals surface area contributed by atoms with E-state index in [0.717, 1.165) is 18.8 Å². The predicted molar refractivity (Wildman–Crippen MR) is 78.9 cm³/mol. The lowest BCUT2D eigenvalue weighted by molar-refractivity contribution is 0.0743. The number of thioether (sulfide) groups is 1. The van der Waals surface area contributed by atoms with Crippen LogP contribution in [0.15, 0.2) is 6.20 Å². The number of aromatic nitrogens is 3. The molecule has 1 atom stereocenters. The lowest BCUT2D eigenvalue weighted by atomic mass is 10.2. The van der Waals surface area contributed by atoms with Gasteiger partial charge in [-0.2, -0.15) is 11.8 Å². The third kappa shape index (κ3) is 2.92. The van der Waals surface area contributed by atoms with Gasteiger partial charge in [-0.1, -0.05) is 5.21 Å². The maximum absolute atomic E-state index is 12.5. The summed E-state index contributed by atoms with van der Waals surface area (Å²) in [6.45, 7) is 2.03. The Kier molecular flexibility index (Phi) is 3.93. The Morgan fingerprint density at radius 2 is 2.24 bits per heavy atom. The van der Waals surface area contributed by atoms with Crippen molar-refractivity contribution in [2.24, 2.45) is 0 Å². The van der Waals surface area contributed by atoms with Crippen LogP contribution in [0.2, 0.25) is 0 Å². The molecule has 2 fully saturated rings. The molecule has 1 amide bonds. The van der Waals surface area contributed by atoms with Crippen LogP contribution in [0.4, 0.5) is 0 Å². The van der Waals surface area contributed by atoms with Crippen molar-refractivity contribution in [2.75, 3.05) is 37.4 Å². The van der Waals surface area contributed by atoms with Crippen molar-refractivity contribution in [2.45, 2.75) is 11.4 Å². The normalized spacial score (nSPS) is 23.9. The number of sulfone groups is 1. The molecule has 0 saturated carbocycles. The zero-order valence-corrected chi connectivity index (χ0v) is 13.2. The van der Waals surface area contributed by atoms with Crippen LogP contribution >= 0.6 is 11.8 Å². The van der Waals surface area contributed by atoms with E-state index >= 15 is 0 Å². The van der Waals surface area contributed by atoms with Crippen molar-refractivity contribution in [3.05, 3.63) is 11.9 Å². The number of amides is 1. The third-order valence-electron chi connectivity index (χ3n) is 3.70. The average Bonchev–Trinajstić information content (AvgIpc) is 2.84. The first-order valence-electron chi connectivity index (χ1n) is 6.67. The van der Waals surface area contributed by atoms with E-state index in [-0.39, 0.29) is 17.6 Å². The van der Waals surface area contributed by atoms with E-state index in [1.165, 1.54) is 11.2 Å². The van der Waals surface area contributed by atoms with Gasteiger partial charge in [0.25, 0.3) is 5.91 Å². The van der Waals surface area contributed by atoms with Gasteiger partial charge in [0.1, 0.15) is 5.37 Å². The van der Waals surface area contributed by atoms with Gasteiger partial charge in [0.05, 0.1) is 12.2 Å². The van der Waals surface area contributed by atoms with Crippen molar-refractivity contribution in [3.8, 4) is 0 Å². The van der Waals surface area contributed by atoms with Crippen molar-refractivity contribution < 1.29 is 13.2 Å². The van der Waals surface area contributed by atoms with Gasteiger partial charge >= 0.3 is 0 Å². The highest BCUT2D eigenvalue weighted by atomic mass is 32.2. The van der Waals surface area contributed by atoms with Gasteiger partial charge in [-0.15, -0.1) is 5.10 Å². The summed E-state index contributed by atoms with van der Waals surface area (Å²) >= 11 is 1.55. The van der Waals surface area contributed by atoms with E-state index in [1.807, 2.05) is 0 Å². The number of carbonyl (C=O) groups excluding carboxylic acids is 1. The van der Waals surface area contributed by atoms with E-state index in [9.17, 15) is 13.2 Å². The van der Waals surface area contributed by atoms with Crippen LogP contribution in [0.3, 0.4) is 0 Å². The van der Waals surface area contributed by atoms with E-state index in [4.69, 9.17) is 0 Å². The molecule has 2 saturated heterocycles. The maximum atomic E-state index is 12.5. The molecule has 0 aromatic carbocycles. The number of carbonyl (C=O) groups is 1. The summed E-state index contributed by atoms with van der Waals surface area (Å²) in [6, 6.07) is 0.224. The topological polar surface area (TPSA) is 97.2 Å². The number of nitrogens with one attached hydrogen (secondary N) is 1. The monoisotopic (exact) mass is 331 g/mol. The minimum absolute atomic E-state index is 0.211. The second-order valence-electron chi connectivity index (χ2n) is 5.25. The zero-order chi connectivity index (χ0) is 15.0. The van der Waals surface area contributed by atoms with Crippen LogP contribution in [0.1, 0.15) is 16.5 Å². The molecule has 2 aliphatic heterocycles. The smallest absolute Gasteiger partial charge is 0.277 e. The predicted octanol–water partition coefficient (Wildman–Crippen LogP) is -1.02. The molecule has 8 nitrogen and oxygen atoms in total. The summed E-state index contributed by atoms with van der Waals surface area (Å²) in [4.78, 5) is 13.9. The fraction of sp³-hybridized carbons (Fsp3) is 0.727. The molecule has 3 rings (SSSR count). The summed E-state index contributed by atoms with van der Waals surface area (Å²) in [5.74, 6) is 0.785. The van der Waals surface area contributed by atoms with Crippen LogP contribution in [0.25, 0.3) is 0 Å². The zero-order valence-electron chi connectivity index (χ0n) is 11.6. The van der Waals surface area contributed by atoms with Crippen molar-refractivity contribution in [1.82, 2.24) is 25.2 Å². The second kappa shape index (κ2) is 5.58. The summed E-state index contributed by atoms with van der Waals surface area (Å²) in [5, 5.41) is 10.2. The fourth-order valence-electron chi connectivity index (χ4n) is 2.33. The Morgan fingerprint density at radius 3 is 2.86 bits per heavy atom. The highest BCUT2D eigenvalue weighted by Crippen LogP contribution is 2.22. The lowest BCUT2D eigenvalue weighted by Crippen LogP contribution is -2.50. The Bertz CT molecular complexity index is 640. The first-order chi connectivity index (χ1) is 9.97. The highest BCUT2D eigenvalue weighted by Gasteiger charge is 2.36. The van der Waals surface area contributed by atoms with Crippen molar-refractivity contribution >= 4 is 27.5 Å². The Morgan fingerprint density at radius 1 is 1.48 bits per heavy atom. The molecule has 1 N–H and O–H groups in total. The largest absolute Gasteiger partial charge is 0.318 e. The molecule has 0 spiro atoms. The minimum atomic E-state index is -3.31. The van der Waals surface area contributed by atoms with Gasteiger partial charge < -0.3 is 10.2 Å². The summed E-state index contributed by atoms with van der Waals surface area (Å²) in [7, 11) is -3.31. The van der Waals surface area contributed by atoms with E-state index in [2.05, 4.69) is 15.6 Å². The number of nitrogens with zero attached hydrogens (tertiary/aromatic N) is 4.